The topological polar surface area (TPSA) is 108 Å². The van der Waals surface area contributed by atoms with Crippen LogP contribution in [0.15, 0.2) is 30.0 Å². The Morgan fingerprint density at radius 2 is 2.12 bits per heavy atom. The van der Waals surface area contributed by atoms with Gasteiger partial charge in [-0.15, -0.1) is 0 Å². The zero-order valence-electron chi connectivity index (χ0n) is 13.7. The number of rotatable bonds is 3. The predicted octanol–water partition coefficient (Wildman–Crippen LogP) is 0.571. The molecule has 2 heterocycles. The van der Waals surface area contributed by atoms with Crippen LogP contribution in [0.4, 0.5) is 0 Å². The number of esters is 1. The highest BCUT2D eigenvalue weighted by molar-refractivity contribution is 5.99. The molecule has 24 heavy (non-hydrogen) atoms. The molecule has 5 atom stereocenters. The van der Waals surface area contributed by atoms with Crippen LogP contribution < -0.4 is 5.32 Å². The van der Waals surface area contributed by atoms with Gasteiger partial charge in [-0.05, 0) is 32.9 Å². The summed E-state index contributed by atoms with van der Waals surface area (Å²) in [6.45, 7) is 4.56. The van der Waals surface area contributed by atoms with E-state index >= 15 is 0 Å². The number of ether oxygens (including phenoxy) is 1. The third-order valence-electron chi connectivity index (χ3n) is 5.00. The molecule has 0 spiro atoms. The summed E-state index contributed by atoms with van der Waals surface area (Å²) in [7, 11) is 0. The Morgan fingerprint density at radius 3 is 2.67 bits per heavy atom. The first-order valence-electron chi connectivity index (χ1n) is 7.83. The summed E-state index contributed by atoms with van der Waals surface area (Å²) in [4.78, 5) is 39.3. The number of ketones is 1. The molecule has 3 rings (SSSR count). The Balaban J connectivity index is 1.98. The molecule has 1 aromatic rings. The molecule has 0 bridgehead atoms. The summed E-state index contributed by atoms with van der Waals surface area (Å²) in [6.07, 6.45) is 2.20. The third kappa shape index (κ3) is 2.27. The lowest BCUT2D eigenvalue weighted by molar-refractivity contribution is -0.135. The standard InChI is InChI=1S/C17H20N2O5/c1-4-9-11-12(8(2)20)17(3,23)14(13(11)19-15(9)21)24-16(22)10-6-5-7-18-10/h4-7,11-14,18,23H,1-3H3,(H,19,21)/b9-4+/t11-,12+,13+,14+,17-/m1/s1. The van der Waals surface area contributed by atoms with Crippen LogP contribution in [0, 0.1) is 11.8 Å². The molecule has 2 aliphatic rings. The van der Waals surface area contributed by atoms with Crippen molar-refractivity contribution in [3.63, 3.8) is 0 Å². The number of hydrogen-bond donors (Lipinski definition) is 3. The van der Waals surface area contributed by atoms with Gasteiger partial charge in [0.25, 0.3) is 0 Å². The molecule has 1 saturated heterocycles. The van der Waals surface area contributed by atoms with Crippen LogP contribution in [0.3, 0.4) is 0 Å². The molecule has 0 unspecified atom stereocenters. The third-order valence-corrected chi connectivity index (χ3v) is 5.00. The van der Waals surface area contributed by atoms with Gasteiger partial charge in [0, 0.05) is 17.7 Å². The van der Waals surface area contributed by atoms with Crippen LogP contribution in [0.25, 0.3) is 0 Å². The minimum atomic E-state index is -1.58. The molecule has 0 aromatic carbocycles. The Kier molecular flexibility index (Phi) is 3.83. The number of allylic oxidation sites excluding steroid dienone is 1. The second-order valence-corrected chi connectivity index (χ2v) is 6.49. The zero-order valence-corrected chi connectivity index (χ0v) is 13.7. The number of carbonyl (C=O) groups excluding carboxylic acids is 3. The van der Waals surface area contributed by atoms with Crippen molar-refractivity contribution < 1.29 is 24.2 Å². The zero-order chi connectivity index (χ0) is 17.6. The summed E-state index contributed by atoms with van der Waals surface area (Å²) in [5, 5.41) is 13.7. The molecule has 1 amide bonds. The Bertz CT molecular complexity index is 719. The van der Waals surface area contributed by atoms with Crippen LogP contribution in [-0.2, 0) is 14.3 Å². The van der Waals surface area contributed by atoms with Crippen molar-refractivity contribution in [2.24, 2.45) is 11.8 Å². The highest BCUT2D eigenvalue weighted by Crippen LogP contribution is 2.48. The SMILES string of the molecule is C/C=C1/C(=O)N[C@H]2[C@H]1[C@H](C(C)=O)[C@@](C)(O)[C@H]2OC(=O)c1ccc[nH]1. The van der Waals surface area contributed by atoms with Gasteiger partial charge in [0.05, 0.1) is 12.0 Å². The smallest absolute Gasteiger partial charge is 0.355 e. The van der Waals surface area contributed by atoms with E-state index in [1.807, 2.05) is 0 Å². The van der Waals surface area contributed by atoms with Crippen LogP contribution >= 0.6 is 0 Å². The molecular formula is C17H20N2O5. The molecule has 1 aliphatic heterocycles. The van der Waals surface area contributed by atoms with Gasteiger partial charge >= 0.3 is 5.97 Å². The van der Waals surface area contributed by atoms with Crippen molar-refractivity contribution in [1.82, 2.24) is 10.3 Å². The maximum absolute atomic E-state index is 12.3. The monoisotopic (exact) mass is 332 g/mol. The fourth-order valence-electron chi connectivity index (χ4n) is 4.04. The van der Waals surface area contributed by atoms with Gasteiger partial charge in [-0.3, -0.25) is 9.59 Å². The average Bonchev–Trinajstić information content (AvgIpc) is 3.16. The minimum absolute atomic E-state index is 0.240. The summed E-state index contributed by atoms with van der Waals surface area (Å²) in [5.74, 6) is -2.53. The summed E-state index contributed by atoms with van der Waals surface area (Å²) in [5.41, 5.74) is -0.895. The molecule has 128 valence electrons. The number of H-pyrrole nitrogens is 1. The Labute approximate surface area is 139 Å². The quantitative estimate of drug-likeness (QED) is 0.554. The van der Waals surface area contributed by atoms with Gasteiger partial charge in [0.15, 0.2) is 6.10 Å². The van der Waals surface area contributed by atoms with Crippen molar-refractivity contribution in [1.29, 1.82) is 0 Å². The predicted molar refractivity (Wildman–Crippen MR) is 84.0 cm³/mol. The van der Waals surface area contributed by atoms with Gasteiger partial charge in [-0.25, -0.2) is 4.79 Å². The maximum atomic E-state index is 12.3. The number of amides is 1. The first kappa shape index (κ1) is 16.4. The molecule has 0 radical (unpaired) electrons. The van der Waals surface area contributed by atoms with E-state index in [1.54, 1.807) is 31.3 Å². The van der Waals surface area contributed by atoms with E-state index in [2.05, 4.69) is 10.3 Å². The number of fused-ring (bicyclic) bond motifs is 1. The van der Waals surface area contributed by atoms with E-state index < -0.39 is 35.6 Å². The molecule has 3 N–H and O–H groups in total. The van der Waals surface area contributed by atoms with Crippen molar-refractivity contribution >= 4 is 17.7 Å². The second kappa shape index (κ2) is 5.59. The number of aromatic nitrogens is 1. The maximum Gasteiger partial charge on any atom is 0.355 e. The highest BCUT2D eigenvalue weighted by atomic mass is 16.6. The summed E-state index contributed by atoms with van der Waals surface area (Å²) < 4.78 is 5.49. The molecule has 7 nitrogen and oxygen atoms in total. The fraction of sp³-hybridized carbons (Fsp3) is 0.471. The van der Waals surface area contributed by atoms with E-state index in [0.29, 0.717) is 5.57 Å². The van der Waals surface area contributed by atoms with Crippen molar-refractivity contribution in [2.75, 3.05) is 0 Å². The number of aromatic amines is 1. The first-order valence-corrected chi connectivity index (χ1v) is 7.83. The number of nitrogens with one attached hydrogen (secondary N) is 2. The first-order chi connectivity index (χ1) is 11.3. The van der Waals surface area contributed by atoms with Crippen LogP contribution in [-0.4, -0.2) is 45.5 Å². The second-order valence-electron chi connectivity index (χ2n) is 6.49. The summed E-state index contributed by atoms with van der Waals surface area (Å²) >= 11 is 0. The van der Waals surface area contributed by atoms with Gasteiger partial charge in [0.1, 0.15) is 17.1 Å². The molecular weight excluding hydrogens is 312 g/mol. The van der Waals surface area contributed by atoms with Crippen molar-refractivity contribution in [2.45, 2.75) is 38.5 Å². The fourth-order valence-corrected chi connectivity index (χ4v) is 4.04. The lowest BCUT2D eigenvalue weighted by atomic mass is 9.80. The Morgan fingerprint density at radius 1 is 1.42 bits per heavy atom. The van der Waals surface area contributed by atoms with Crippen molar-refractivity contribution in [3.05, 3.63) is 35.7 Å². The number of aliphatic hydroxyl groups is 1. The normalized spacial score (nSPS) is 36.5. The molecule has 1 aromatic heterocycles. The molecule has 2 fully saturated rings. The van der Waals surface area contributed by atoms with Crippen LogP contribution in [0.5, 0.6) is 0 Å². The lowest BCUT2D eigenvalue weighted by Gasteiger charge is -2.32. The van der Waals surface area contributed by atoms with Gasteiger partial charge < -0.3 is 20.1 Å². The summed E-state index contributed by atoms with van der Waals surface area (Å²) in [6, 6.07) is 2.57. The van der Waals surface area contributed by atoms with Crippen LogP contribution in [0.2, 0.25) is 0 Å². The Hall–Kier alpha value is -2.41. The highest BCUT2D eigenvalue weighted by Gasteiger charge is 2.65. The van der Waals surface area contributed by atoms with Crippen molar-refractivity contribution in [3.8, 4) is 0 Å². The average molecular weight is 332 g/mol. The van der Waals surface area contributed by atoms with Crippen LogP contribution in [0.1, 0.15) is 31.3 Å². The van der Waals surface area contributed by atoms with E-state index in [0.717, 1.165) is 0 Å². The number of carbonyl (C=O) groups is 3. The molecule has 1 aliphatic carbocycles. The van der Waals surface area contributed by atoms with E-state index in [1.165, 1.54) is 13.8 Å². The molecule has 7 heteroatoms. The molecule has 1 saturated carbocycles. The minimum Gasteiger partial charge on any atom is -0.452 e. The lowest BCUT2D eigenvalue weighted by Crippen LogP contribution is -2.51. The van der Waals surface area contributed by atoms with E-state index in [9.17, 15) is 19.5 Å². The van der Waals surface area contributed by atoms with E-state index in [-0.39, 0.29) is 17.4 Å². The number of hydrogen-bond acceptors (Lipinski definition) is 5. The van der Waals surface area contributed by atoms with Gasteiger partial charge in [0.2, 0.25) is 5.91 Å². The van der Waals surface area contributed by atoms with E-state index in [4.69, 9.17) is 4.74 Å². The largest absolute Gasteiger partial charge is 0.452 e. The van der Waals surface area contributed by atoms with Gasteiger partial charge in [-0.2, -0.15) is 0 Å². The van der Waals surface area contributed by atoms with Gasteiger partial charge in [-0.1, -0.05) is 6.08 Å². The number of Topliss-reactive ketones (excluding diaryl/α,β-unsaturated/α-hetero) is 1.